The lowest BCUT2D eigenvalue weighted by Gasteiger charge is -2.15. The summed E-state index contributed by atoms with van der Waals surface area (Å²) in [6, 6.07) is 6.58. The van der Waals surface area contributed by atoms with Gasteiger partial charge in [0.05, 0.1) is 23.7 Å². The maximum absolute atomic E-state index is 12.0. The molecule has 0 saturated heterocycles. The molecule has 1 aromatic rings. The maximum atomic E-state index is 12.0. The van der Waals surface area contributed by atoms with Gasteiger partial charge in [-0.05, 0) is 25.1 Å². The van der Waals surface area contributed by atoms with Gasteiger partial charge in [0.1, 0.15) is 12.1 Å². The second-order valence-corrected chi connectivity index (χ2v) is 4.19. The lowest BCUT2D eigenvalue weighted by molar-refractivity contribution is -0.129. The highest BCUT2D eigenvalue weighted by Crippen LogP contribution is 2.15. The van der Waals surface area contributed by atoms with Crippen molar-refractivity contribution in [1.82, 2.24) is 5.32 Å². The number of nitrogens with zero attached hydrogens (tertiary/aromatic N) is 2. The van der Waals surface area contributed by atoms with E-state index in [9.17, 15) is 18.0 Å². The molecule has 0 fully saturated rings. The third-order valence-electron chi connectivity index (χ3n) is 2.53. The highest BCUT2D eigenvalue weighted by atomic mass is 19.4. The zero-order valence-corrected chi connectivity index (χ0v) is 11.0. The number of halogens is 3. The number of nitrogens with one attached hydrogen (secondary N) is 2. The van der Waals surface area contributed by atoms with Crippen LogP contribution in [0.15, 0.2) is 18.2 Å². The van der Waals surface area contributed by atoms with E-state index in [0.29, 0.717) is 0 Å². The van der Waals surface area contributed by atoms with Gasteiger partial charge in [-0.25, -0.2) is 0 Å². The van der Waals surface area contributed by atoms with E-state index in [-0.39, 0.29) is 16.8 Å². The van der Waals surface area contributed by atoms with Crippen LogP contribution in [0.25, 0.3) is 0 Å². The van der Waals surface area contributed by atoms with E-state index in [2.05, 4.69) is 5.32 Å². The molecule has 2 N–H and O–H groups in total. The molecule has 0 unspecified atom stereocenters. The van der Waals surface area contributed by atoms with Gasteiger partial charge in [-0.15, -0.1) is 0 Å². The van der Waals surface area contributed by atoms with Crippen LogP contribution in [0.2, 0.25) is 0 Å². The molecule has 21 heavy (non-hydrogen) atoms. The summed E-state index contributed by atoms with van der Waals surface area (Å²) < 4.78 is 36.1. The normalized spacial score (nSPS) is 12.1. The molecule has 1 aromatic carbocycles. The Kier molecular flexibility index (Phi) is 5.28. The lowest BCUT2D eigenvalue weighted by atomic mass is 10.1. The smallest absolute Gasteiger partial charge is 0.325 e. The van der Waals surface area contributed by atoms with Crippen molar-refractivity contribution in [3.8, 4) is 12.1 Å². The Hall–Kier alpha value is -2.58. The minimum atomic E-state index is -4.41. The number of benzene rings is 1. The van der Waals surface area contributed by atoms with Crippen molar-refractivity contribution in [3.63, 3.8) is 0 Å². The molecule has 0 aliphatic rings. The van der Waals surface area contributed by atoms with Crippen LogP contribution in [0, 0.1) is 22.7 Å². The van der Waals surface area contributed by atoms with Crippen LogP contribution in [0.4, 0.5) is 18.9 Å². The molecular weight excluding hydrogens is 285 g/mol. The summed E-state index contributed by atoms with van der Waals surface area (Å²) in [5, 5.41) is 22.0. The van der Waals surface area contributed by atoms with E-state index < -0.39 is 24.7 Å². The molecule has 0 saturated carbocycles. The summed E-state index contributed by atoms with van der Waals surface area (Å²) in [6.07, 6.45) is -4.41. The summed E-state index contributed by atoms with van der Waals surface area (Å²) in [7, 11) is 0. The maximum Gasteiger partial charge on any atom is 0.401 e. The quantitative estimate of drug-likeness (QED) is 0.888. The molecular formula is C13H11F3N4O. The van der Waals surface area contributed by atoms with E-state index in [4.69, 9.17) is 10.5 Å². The Bertz CT molecular complexity index is 613. The highest BCUT2D eigenvalue weighted by Gasteiger charge is 2.28. The SMILES string of the molecule is C[C@H](NCC(F)(F)F)C(=O)Nc1ccc(C#N)c(C#N)c1. The van der Waals surface area contributed by atoms with E-state index in [1.165, 1.54) is 25.1 Å². The second kappa shape index (κ2) is 6.73. The molecule has 0 spiro atoms. The van der Waals surface area contributed by atoms with Crippen LogP contribution in [-0.2, 0) is 4.79 Å². The molecule has 1 atom stereocenters. The van der Waals surface area contributed by atoms with Gasteiger partial charge in [0.25, 0.3) is 0 Å². The van der Waals surface area contributed by atoms with Gasteiger partial charge in [0.15, 0.2) is 0 Å². The van der Waals surface area contributed by atoms with Gasteiger partial charge < -0.3 is 5.32 Å². The first kappa shape index (κ1) is 16.5. The first-order valence-corrected chi connectivity index (χ1v) is 5.82. The average Bonchev–Trinajstić information content (AvgIpc) is 2.43. The molecule has 0 bridgehead atoms. The average molecular weight is 296 g/mol. The molecule has 110 valence electrons. The highest BCUT2D eigenvalue weighted by molar-refractivity contribution is 5.94. The molecule has 8 heteroatoms. The number of hydrogen-bond acceptors (Lipinski definition) is 4. The number of amides is 1. The summed E-state index contributed by atoms with van der Waals surface area (Å²) >= 11 is 0. The van der Waals surface area contributed by atoms with Crippen molar-refractivity contribution in [2.24, 2.45) is 0 Å². The van der Waals surface area contributed by atoms with Crippen LogP contribution >= 0.6 is 0 Å². The Labute approximate surface area is 119 Å². The van der Waals surface area contributed by atoms with Gasteiger partial charge in [0.2, 0.25) is 5.91 Å². The number of alkyl halides is 3. The predicted molar refractivity (Wildman–Crippen MR) is 68.0 cm³/mol. The van der Waals surface area contributed by atoms with Crippen LogP contribution in [0.5, 0.6) is 0 Å². The first-order chi connectivity index (χ1) is 9.76. The van der Waals surface area contributed by atoms with Crippen LogP contribution in [0.3, 0.4) is 0 Å². The van der Waals surface area contributed by atoms with Crippen molar-refractivity contribution in [2.75, 3.05) is 11.9 Å². The van der Waals surface area contributed by atoms with Crippen molar-refractivity contribution in [1.29, 1.82) is 10.5 Å². The standard InChI is InChI=1S/C13H11F3N4O/c1-8(19-7-13(14,15)16)12(21)20-11-3-2-9(5-17)10(4-11)6-18/h2-4,8,19H,7H2,1H3,(H,20,21)/t8-/m0/s1. The lowest BCUT2D eigenvalue weighted by Crippen LogP contribution is -2.42. The third-order valence-corrected chi connectivity index (χ3v) is 2.53. The van der Waals surface area contributed by atoms with Crippen molar-refractivity contribution >= 4 is 11.6 Å². The van der Waals surface area contributed by atoms with Gasteiger partial charge in [-0.3, -0.25) is 10.1 Å². The molecule has 1 rings (SSSR count). The minimum Gasteiger partial charge on any atom is -0.325 e. The van der Waals surface area contributed by atoms with Gasteiger partial charge in [-0.2, -0.15) is 23.7 Å². The number of carbonyl (C=O) groups is 1. The fourth-order valence-corrected chi connectivity index (χ4v) is 1.42. The topological polar surface area (TPSA) is 88.7 Å². The van der Waals surface area contributed by atoms with Crippen molar-refractivity contribution < 1.29 is 18.0 Å². The molecule has 0 aromatic heterocycles. The molecule has 5 nitrogen and oxygen atoms in total. The zero-order chi connectivity index (χ0) is 16.0. The number of carbonyl (C=O) groups excluding carboxylic acids is 1. The Morgan fingerprint density at radius 1 is 1.29 bits per heavy atom. The molecule has 1 amide bonds. The number of nitriles is 2. The van der Waals surface area contributed by atoms with E-state index in [1.807, 2.05) is 11.4 Å². The van der Waals surface area contributed by atoms with E-state index in [0.717, 1.165) is 0 Å². The van der Waals surface area contributed by atoms with Gasteiger partial charge in [-0.1, -0.05) is 0 Å². The monoisotopic (exact) mass is 296 g/mol. The molecule has 0 heterocycles. The summed E-state index contributed by atoms with van der Waals surface area (Å²) in [5.41, 5.74) is 0.459. The molecule has 0 aliphatic carbocycles. The Balaban J connectivity index is 2.71. The zero-order valence-electron chi connectivity index (χ0n) is 11.0. The minimum absolute atomic E-state index is 0.0752. The predicted octanol–water partition coefficient (Wildman–Crippen LogP) is 1.91. The Morgan fingerprint density at radius 2 is 1.90 bits per heavy atom. The number of anilines is 1. The number of rotatable bonds is 4. The summed E-state index contributed by atoms with van der Waals surface area (Å²) in [4.78, 5) is 11.7. The largest absolute Gasteiger partial charge is 0.401 e. The second-order valence-electron chi connectivity index (χ2n) is 4.19. The summed E-state index contributed by atoms with van der Waals surface area (Å²) in [6.45, 7) is 0.00826. The van der Waals surface area contributed by atoms with E-state index >= 15 is 0 Å². The summed E-state index contributed by atoms with van der Waals surface area (Å²) in [5.74, 6) is -0.673. The van der Waals surface area contributed by atoms with Crippen molar-refractivity contribution in [3.05, 3.63) is 29.3 Å². The fourth-order valence-electron chi connectivity index (χ4n) is 1.42. The third kappa shape index (κ3) is 5.13. The van der Waals surface area contributed by atoms with Crippen LogP contribution < -0.4 is 10.6 Å². The van der Waals surface area contributed by atoms with Gasteiger partial charge >= 0.3 is 6.18 Å². The van der Waals surface area contributed by atoms with Crippen LogP contribution in [0.1, 0.15) is 18.1 Å². The number of hydrogen-bond donors (Lipinski definition) is 2. The van der Waals surface area contributed by atoms with E-state index in [1.54, 1.807) is 6.07 Å². The molecule has 0 radical (unpaired) electrons. The fraction of sp³-hybridized carbons (Fsp3) is 0.308. The molecule has 0 aliphatic heterocycles. The van der Waals surface area contributed by atoms with Crippen LogP contribution in [-0.4, -0.2) is 24.7 Å². The first-order valence-electron chi connectivity index (χ1n) is 5.82. The van der Waals surface area contributed by atoms with Gasteiger partial charge in [0, 0.05) is 5.69 Å². The van der Waals surface area contributed by atoms with Crippen molar-refractivity contribution in [2.45, 2.75) is 19.1 Å². The Morgan fingerprint density at radius 3 is 2.43 bits per heavy atom.